The van der Waals surface area contributed by atoms with E-state index in [4.69, 9.17) is 10.5 Å². The van der Waals surface area contributed by atoms with E-state index >= 15 is 0 Å². The van der Waals surface area contributed by atoms with E-state index in [2.05, 4.69) is 0 Å². The highest BCUT2D eigenvalue weighted by atomic mass is 28.3. The van der Waals surface area contributed by atoms with Crippen LogP contribution in [0.15, 0.2) is 0 Å². The lowest BCUT2D eigenvalue weighted by Gasteiger charge is -2.42. The quantitative estimate of drug-likeness (QED) is 0.110. The predicted octanol–water partition coefficient (Wildman–Crippen LogP) is 8.01. The molecule has 0 heterocycles. The molecule has 1 atom stereocenters. The first-order valence-electron chi connectivity index (χ1n) is 11.3. The number of hydrogen-bond donors (Lipinski definition) is 1. The van der Waals surface area contributed by atoms with Gasteiger partial charge in [0.2, 0.25) is 0 Å². The summed E-state index contributed by atoms with van der Waals surface area (Å²) in [5, 5.41) is 0. The van der Waals surface area contributed by atoms with Gasteiger partial charge in [-0.2, -0.15) is 74.6 Å². The SMILES string of the molecule is CC(C)[C@H](N)C(=O)OCC[Si](C)(C)CCCC(F)(F)C(F)(F)C(F)(F)C(F)(F)C(F)(F)C(F)(F)C(F)(F)C(F)(F)F. The fourth-order valence-corrected chi connectivity index (χ4v) is 5.10. The van der Waals surface area contributed by atoms with Crippen LogP contribution in [0.1, 0.15) is 26.7 Å². The number of carbonyl (C=O) groups excluding carboxylic acids is 1. The molecule has 0 aromatic carbocycles. The second-order valence-corrected chi connectivity index (χ2v) is 15.7. The zero-order chi connectivity index (χ0) is 33.5. The van der Waals surface area contributed by atoms with E-state index in [1.807, 2.05) is 0 Å². The molecule has 0 rings (SSSR count). The number of esters is 1. The van der Waals surface area contributed by atoms with Crippen molar-refractivity contribution in [3.8, 4) is 0 Å². The summed E-state index contributed by atoms with van der Waals surface area (Å²) in [4.78, 5) is 11.7. The Kier molecular flexibility index (Phi) is 11.4. The third-order valence-corrected chi connectivity index (χ3v) is 9.41. The fraction of sp³-hybridized carbons (Fsp3) is 0.950. The van der Waals surface area contributed by atoms with E-state index in [0.29, 0.717) is 0 Å². The van der Waals surface area contributed by atoms with Gasteiger partial charge in [-0.3, -0.25) is 4.79 Å². The maximum atomic E-state index is 14.0. The molecule has 0 bridgehead atoms. The van der Waals surface area contributed by atoms with Gasteiger partial charge in [-0.1, -0.05) is 33.0 Å². The van der Waals surface area contributed by atoms with E-state index in [-0.39, 0.29) is 18.6 Å². The highest BCUT2D eigenvalue weighted by molar-refractivity contribution is 6.77. The minimum absolute atomic E-state index is 0.0472. The van der Waals surface area contributed by atoms with Crippen LogP contribution in [-0.4, -0.2) is 74.3 Å². The average molecular weight is 663 g/mol. The Balaban J connectivity index is 5.85. The van der Waals surface area contributed by atoms with E-state index in [9.17, 15) is 79.4 Å². The molecule has 0 aliphatic rings. The van der Waals surface area contributed by atoms with Gasteiger partial charge < -0.3 is 10.5 Å². The number of nitrogens with two attached hydrogens (primary N) is 1. The minimum atomic E-state index is -8.63. The van der Waals surface area contributed by atoms with Gasteiger partial charge in [-0.05, 0) is 18.4 Å². The molecule has 21 heteroatoms. The summed E-state index contributed by atoms with van der Waals surface area (Å²) >= 11 is 0. The Hall–Kier alpha value is -1.54. The van der Waals surface area contributed by atoms with E-state index < -0.39 is 86.6 Å². The van der Waals surface area contributed by atoms with E-state index in [1.54, 1.807) is 13.8 Å². The monoisotopic (exact) mass is 663 g/mol. The third kappa shape index (κ3) is 7.17. The molecule has 0 unspecified atom stereocenters. The van der Waals surface area contributed by atoms with Crippen molar-refractivity contribution in [2.75, 3.05) is 6.61 Å². The zero-order valence-electron chi connectivity index (χ0n) is 21.5. The molecule has 0 radical (unpaired) electrons. The number of alkyl halides is 17. The number of carbonyl (C=O) groups is 1. The lowest BCUT2D eigenvalue weighted by molar-refractivity contribution is -0.461. The first-order chi connectivity index (χ1) is 17.7. The van der Waals surface area contributed by atoms with Crippen molar-refractivity contribution in [3.05, 3.63) is 0 Å². The first-order valence-corrected chi connectivity index (χ1v) is 14.7. The van der Waals surface area contributed by atoms with Crippen molar-refractivity contribution in [2.24, 2.45) is 11.7 Å². The first kappa shape index (κ1) is 39.5. The molecule has 0 aliphatic carbocycles. The third-order valence-electron chi connectivity index (χ3n) is 6.14. The molecule has 0 aromatic rings. The maximum absolute atomic E-state index is 14.0. The lowest BCUT2D eigenvalue weighted by Crippen LogP contribution is -2.74. The summed E-state index contributed by atoms with van der Waals surface area (Å²) in [6.45, 7) is 5.59. The molecule has 0 saturated carbocycles. The Bertz CT molecular complexity index is 903. The number of rotatable bonds is 15. The second kappa shape index (κ2) is 11.9. The fourth-order valence-electron chi connectivity index (χ4n) is 3.06. The summed E-state index contributed by atoms with van der Waals surface area (Å²) in [6.07, 6.45) is -11.4. The normalized spacial score (nSPS) is 16.3. The van der Waals surface area contributed by atoms with Crippen LogP contribution >= 0.6 is 0 Å². The highest BCUT2D eigenvalue weighted by Gasteiger charge is 2.95. The van der Waals surface area contributed by atoms with Crippen LogP contribution in [0.4, 0.5) is 74.6 Å². The van der Waals surface area contributed by atoms with E-state index in [1.165, 1.54) is 13.1 Å². The van der Waals surface area contributed by atoms with Crippen LogP contribution in [0.2, 0.25) is 25.2 Å². The van der Waals surface area contributed by atoms with Crippen molar-refractivity contribution in [2.45, 2.75) is 106 Å². The van der Waals surface area contributed by atoms with Gasteiger partial charge in [0.15, 0.2) is 0 Å². The smallest absolute Gasteiger partial charge is 0.460 e. The number of ether oxygens (including phenoxy) is 1. The van der Waals surface area contributed by atoms with Crippen LogP contribution in [0.5, 0.6) is 0 Å². The second-order valence-electron chi connectivity index (χ2n) is 10.4. The van der Waals surface area contributed by atoms with Gasteiger partial charge in [-0.15, -0.1) is 0 Å². The molecule has 2 N–H and O–H groups in total. The van der Waals surface area contributed by atoms with Crippen LogP contribution in [0, 0.1) is 5.92 Å². The van der Waals surface area contributed by atoms with Gasteiger partial charge in [-0.25, -0.2) is 0 Å². The molecule has 41 heavy (non-hydrogen) atoms. The Morgan fingerprint density at radius 3 is 1.39 bits per heavy atom. The predicted molar refractivity (Wildman–Crippen MR) is 111 cm³/mol. The molecule has 246 valence electrons. The summed E-state index contributed by atoms with van der Waals surface area (Å²) in [5.74, 6) is -57.4. The molecule has 3 nitrogen and oxygen atoms in total. The zero-order valence-corrected chi connectivity index (χ0v) is 22.5. The minimum Gasteiger partial charge on any atom is -0.465 e. The van der Waals surface area contributed by atoms with Crippen molar-refractivity contribution in [1.82, 2.24) is 0 Å². The van der Waals surface area contributed by atoms with Crippen LogP contribution in [0.25, 0.3) is 0 Å². The molecule has 0 aliphatic heterocycles. The van der Waals surface area contributed by atoms with Crippen molar-refractivity contribution >= 4 is 14.0 Å². The van der Waals surface area contributed by atoms with Crippen molar-refractivity contribution < 1.29 is 84.2 Å². The van der Waals surface area contributed by atoms with E-state index in [0.717, 1.165) is 0 Å². The molecule has 0 fully saturated rings. The average Bonchev–Trinajstić information content (AvgIpc) is 2.76. The molecule has 0 aromatic heterocycles. The van der Waals surface area contributed by atoms with Gasteiger partial charge >= 0.3 is 53.6 Å². The number of hydrogen-bond acceptors (Lipinski definition) is 3. The Morgan fingerprint density at radius 1 is 0.659 bits per heavy atom. The van der Waals surface area contributed by atoms with Crippen molar-refractivity contribution in [3.63, 3.8) is 0 Å². The molecular weight excluding hydrogens is 637 g/mol. The lowest BCUT2D eigenvalue weighted by atomic mass is 9.88. The van der Waals surface area contributed by atoms with Crippen LogP contribution < -0.4 is 5.73 Å². The van der Waals surface area contributed by atoms with Gasteiger partial charge in [0, 0.05) is 6.42 Å². The summed E-state index contributed by atoms with van der Waals surface area (Å²) in [6, 6.07) is -1.57. The molecule has 0 spiro atoms. The highest BCUT2D eigenvalue weighted by Crippen LogP contribution is 2.64. The van der Waals surface area contributed by atoms with Crippen molar-refractivity contribution in [1.29, 1.82) is 0 Å². The topological polar surface area (TPSA) is 52.3 Å². The summed E-state index contributed by atoms with van der Waals surface area (Å²) in [7, 11) is -2.81. The molecule has 0 amide bonds. The van der Waals surface area contributed by atoms with Gasteiger partial charge in [0.1, 0.15) is 6.04 Å². The summed E-state index contributed by atoms with van der Waals surface area (Å²) < 4.78 is 231. The largest absolute Gasteiger partial charge is 0.465 e. The van der Waals surface area contributed by atoms with Gasteiger partial charge in [0.25, 0.3) is 0 Å². The molecular formula is C20H26F17NO2Si. The Morgan fingerprint density at radius 2 is 1.02 bits per heavy atom. The molecule has 0 saturated heterocycles. The van der Waals surface area contributed by atoms with Crippen LogP contribution in [-0.2, 0) is 9.53 Å². The maximum Gasteiger partial charge on any atom is 0.460 e. The summed E-state index contributed by atoms with van der Waals surface area (Å²) in [5.41, 5.74) is 5.53. The Labute approximate surface area is 222 Å². The standard InChI is InChI=1S/C20H26F17NO2Si/c1-10(2)11(38)12(39)40-7-9-41(3,4)8-5-6-13(21,22)14(23,24)15(25,26)16(27,28)17(29,30)18(31,32)19(33,34)20(35,36)37/h10-11H,5-9,38H2,1-4H3/t11-/m0/s1. The number of halogens is 17. The van der Waals surface area contributed by atoms with Gasteiger partial charge in [0.05, 0.1) is 14.7 Å². The van der Waals surface area contributed by atoms with Crippen LogP contribution in [0.3, 0.4) is 0 Å².